The van der Waals surface area contributed by atoms with Crippen molar-refractivity contribution in [2.24, 2.45) is 0 Å². The van der Waals surface area contributed by atoms with Gasteiger partial charge in [-0.1, -0.05) is 48.9 Å². The Morgan fingerprint density at radius 1 is 0.875 bits per heavy atom. The van der Waals surface area contributed by atoms with E-state index >= 15 is 0 Å². The summed E-state index contributed by atoms with van der Waals surface area (Å²) in [7, 11) is 0. The fraction of sp³-hybridized carbons (Fsp3) is 0.231. The molecule has 0 radical (unpaired) electrons. The number of piperazine rings is 1. The molecule has 5 nitrogen and oxygen atoms in total. The van der Waals surface area contributed by atoms with Crippen molar-refractivity contribution in [3.63, 3.8) is 0 Å². The molecule has 2 heterocycles. The molecule has 1 aromatic heterocycles. The second kappa shape index (κ2) is 9.15. The highest BCUT2D eigenvalue weighted by Crippen LogP contribution is 2.30. The van der Waals surface area contributed by atoms with E-state index in [0.29, 0.717) is 11.0 Å². The summed E-state index contributed by atoms with van der Waals surface area (Å²) in [6, 6.07) is 24.4. The number of benzene rings is 3. The fourth-order valence-corrected chi connectivity index (χ4v) is 4.35. The van der Waals surface area contributed by atoms with Crippen molar-refractivity contribution in [1.29, 1.82) is 0 Å². The first-order chi connectivity index (χ1) is 15.7. The Morgan fingerprint density at radius 2 is 1.62 bits per heavy atom. The third-order valence-corrected chi connectivity index (χ3v) is 6.25. The molecule has 0 aliphatic carbocycles. The molecule has 1 fully saturated rings. The van der Waals surface area contributed by atoms with Crippen LogP contribution < -0.4 is 10.2 Å². The molecule has 0 unspecified atom stereocenters. The second-order valence-electron chi connectivity index (χ2n) is 8.02. The van der Waals surface area contributed by atoms with Gasteiger partial charge in [0.15, 0.2) is 0 Å². The third-order valence-electron chi connectivity index (χ3n) is 6.01. The Balaban J connectivity index is 1.41. The van der Waals surface area contributed by atoms with Crippen LogP contribution in [0.3, 0.4) is 0 Å². The van der Waals surface area contributed by atoms with E-state index in [2.05, 4.69) is 58.4 Å². The Labute approximate surface area is 193 Å². The smallest absolute Gasteiger partial charge is 0.228 e. The summed E-state index contributed by atoms with van der Waals surface area (Å²) in [6.07, 6.45) is 0. The van der Waals surface area contributed by atoms with E-state index < -0.39 is 0 Å². The summed E-state index contributed by atoms with van der Waals surface area (Å²) in [5.41, 5.74) is 4.98. The lowest BCUT2D eigenvalue weighted by Crippen LogP contribution is -2.46. The van der Waals surface area contributed by atoms with Gasteiger partial charge in [0.05, 0.1) is 11.2 Å². The molecule has 1 aliphatic heterocycles. The number of hydrogen-bond donors (Lipinski definition) is 1. The zero-order valence-electron chi connectivity index (χ0n) is 18.1. The number of fused-ring (bicyclic) bond motifs is 1. The maximum atomic E-state index is 6.26. The zero-order chi connectivity index (χ0) is 21.9. The van der Waals surface area contributed by atoms with Crippen LogP contribution in [-0.2, 0) is 0 Å². The van der Waals surface area contributed by atoms with Crippen molar-refractivity contribution >= 4 is 39.8 Å². The average Bonchev–Trinajstić information content (AvgIpc) is 2.85. The Morgan fingerprint density at radius 3 is 2.34 bits per heavy atom. The predicted molar refractivity (Wildman–Crippen MR) is 134 cm³/mol. The molecule has 0 atom stereocenters. The molecular formula is C26H26ClN5. The molecule has 0 bridgehead atoms. The number of nitrogens with one attached hydrogen (secondary N) is 1. The largest absolute Gasteiger partial charge is 0.369 e. The normalized spacial score (nSPS) is 14.6. The van der Waals surface area contributed by atoms with Crippen LogP contribution in [0.2, 0.25) is 5.02 Å². The highest BCUT2D eigenvalue weighted by atomic mass is 35.5. The quantitative estimate of drug-likeness (QED) is 0.420. The monoisotopic (exact) mass is 443 g/mol. The molecule has 3 aromatic carbocycles. The number of rotatable bonds is 5. The van der Waals surface area contributed by atoms with E-state index in [0.717, 1.165) is 60.6 Å². The minimum atomic E-state index is 0.572. The van der Waals surface area contributed by atoms with E-state index in [1.807, 2.05) is 36.4 Å². The topological polar surface area (TPSA) is 44.3 Å². The molecule has 1 saturated heterocycles. The number of nitrogens with zero attached hydrogens (tertiary/aromatic N) is 4. The average molecular weight is 444 g/mol. The molecule has 162 valence electrons. The Bertz CT molecular complexity index is 1200. The first kappa shape index (κ1) is 20.7. The SMILES string of the molecule is CCN1CCN(c2ccc(Nc3nc(-c4ccccc4)c4cc(Cl)ccc4n3)cc2)CC1. The van der Waals surface area contributed by atoms with Gasteiger partial charge in [0.25, 0.3) is 0 Å². The molecule has 0 spiro atoms. The van der Waals surface area contributed by atoms with E-state index in [1.54, 1.807) is 0 Å². The number of hydrogen-bond acceptors (Lipinski definition) is 5. The molecule has 0 saturated carbocycles. The minimum absolute atomic E-state index is 0.572. The van der Waals surface area contributed by atoms with Crippen LogP contribution in [-0.4, -0.2) is 47.6 Å². The van der Waals surface area contributed by atoms with Gasteiger partial charge in [0, 0.05) is 53.5 Å². The standard InChI is InChI=1S/C26H26ClN5/c1-2-31-14-16-32(17-15-31)22-11-9-21(10-12-22)28-26-29-24-13-8-20(27)18-23(24)25(30-26)19-6-4-3-5-7-19/h3-13,18H,2,14-17H2,1H3,(H,28,29,30). The van der Waals surface area contributed by atoms with Crippen LogP contribution in [0.25, 0.3) is 22.2 Å². The zero-order valence-corrected chi connectivity index (χ0v) is 18.9. The van der Waals surface area contributed by atoms with E-state index in [9.17, 15) is 0 Å². The van der Waals surface area contributed by atoms with Gasteiger partial charge in [0.2, 0.25) is 5.95 Å². The van der Waals surface area contributed by atoms with Crippen LogP contribution in [0.4, 0.5) is 17.3 Å². The summed E-state index contributed by atoms with van der Waals surface area (Å²) in [5.74, 6) is 0.572. The van der Waals surface area contributed by atoms with Crippen molar-refractivity contribution < 1.29 is 0 Å². The first-order valence-corrected chi connectivity index (χ1v) is 11.4. The van der Waals surface area contributed by atoms with Crippen molar-refractivity contribution in [2.45, 2.75) is 6.92 Å². The molecule has 32 heavy (non-hydrogen) atoms. The van der Waals surface area contributed by atoms with Crippen LogP contribution in [0.5, 0.6) is 0 Å². The second-order valence-corrected chi connectivity index (χ2v) is 8.45. The van der Waals surface area contributed by atoms with Gasteiger partial charge in [-0.3, -0.25) is 0 Å². The maximum absolute atomic E-state index is 6.26. The van der Waals surface area contributed by atoms with Gasteiger partial charge in [-0.25, -0.2) is 9.97 Å². The minimum Gasteiger partial charge on any atom is -0.369 e. The van der Waals surface area contributed by atoms with Gasteiger partial charge >= 0.3 is 0 Å². The lowest BCUT2D eigenvalue weighted by molar-refractivity contribution is 0.271. The lowest BCUT2D eigenvalue weighted by atomic mass is 10.1. The summed E-state index contributed by atoms with van der Waals surface area (Å²) >= 11 is 6.26. The highest BCUT2D eigenvalue weighted by Gasteiger charge is 2.16. The molecule has 1 aliphatic rings. The molecule has 1 N–H and O–H groups in total. The molecular weight excluding hydrogens is 418 g/mol. The summed E-state index contributed by atoms with van der Waals surface area (Å²) < 4.78 is 0. The Kier molecular flexibility index (Phi) is 5.93. The molecule has 5 rings (SSSR count). The summed E-state index contributed by atoms with van der Waals surface area (Å²) in [4.78, 5) is 14.5. The molecule has 0 amide bonds. The van der Waals surface area contributed by atoms with Gasteiger partial charge in [-0.2, -0.15) is 0 Å². The number of anilines is 3. The first-order valence-electron chi connectivity index (χ1n) is 11.1. The van der Waals surface area contributed by atoms with E-state index in [-0.39, 0.29) is 0 Å². The van der Waals surface area contributed by atoms with Crippen molar-refractivity contribution in [3.05, 3.63) is 77.8 Å². The molecule has 6 heteroatoms. The predicted octanol–water partition coefficient (Wildman–Crippen LogP) is 5.84. The Hall–Kier alpha value is -3.15. The van der Waals surface area contributed by atoms with Crippen molar-refractivity contribution in [1.82, 2.24) is 14.9 Å². The van der Waals surface area contributed by atoms with Gasteiger partial charge < -0.3 is 15.1 Å². The highest BCUT2D eigenvalue weighted by molar-refractivity contribution is 6.31. The third kappa shape index (κ3) is 4.40. The van der Waals surface area contributed by atoms with E-state index in [1.165, 1.54) is 5.69 Å². The summed E-state index contributed by atoms with van der Waals surface area (Å²) in [6.45, 7) is 7.72. The van der Waals surface area contributed by atoms with Crippen LogP contribution in [0, 0.1) is 0 Å². The van der Waals surface area contributed by atoms with Gasteiger partial charge in [-0.05, 0) is 49.0 Å². The fourth-order valence-electron chi connectivity index (χ4n) is 4.18. The van der Waals surface area contributed by atoms with E-state index in [4.69, 9.17) is 21.6 Å². The van der Waals surface area contributed by atoms with Crippen molar-refractivity contribution in [2.75, 3.05) is 42.9 Å². The number of aromatic nitrogens is 2. The van der Waals surface area contributed by atoms with Crippen molar-refractivity contribution in [3.8, 4) is 11.3 Å². The van der Waals surface area contributed by atoms with Crippen LogP contribution in [0.15, 0.2) is 72.8 Å². The van der Waals surface area contributed by atoms with Crippen LogP contribution >= 0.6 is 11.6 Å². The summed E-state index contributed by atoms with van der Waals surface area (Å²) in [5, 5.41) is 5.00. The number of halogens is 1. The van der Waals surface area contributed by atoms with Crippen LogP contribution in [0.1, 0.15) is 6.92 Å². The number of likely N-dealkylation sites (N-methyl/N-ethyl adjacent to an activating group) is 1. The maximum Gasteiger partial charge on any atom is 0.228 e. The lowest BCUT2D eigenvalue weighted by Gasteiger charge is -2.35. The van der Waals surface area contributed by atoms with Gasteiger partial charge in [0.1, 0.15) is 0 Å². The molecule has 4 aromatic rings. The van der Waals surface area contributed by atoms with Gasteiger partial charge in [-0.15, -0.1) is 0 Å².